The van der Waals surface area contributed by atoms with Crippen LogP contribution in [0.2, 0.25) is 0 Å². The Morgan fingerprint density at radius 2 is 1.95 bits per heavy atom. The molecule has 0 bridgehead atoms. The predicted molar refractivity (Wildman–Crippen MR) is 68.6 cm³/mol. The van der Waals surface area contributed by atoms with E-state index in [-0.39, 0.29) is 29.9 Å². The summed E-state index contributed by atoms with van der Waals surface area (Å²) in [5.41, 5.74) is -0.868. The number of anilines is 1. The first kappa shape index (κ1) is 15.3. The molecule has 20 heavy (non-hydrogen) atoms. The Bertz CT molecular complexity index is 581. The van der Waals surface area contributed by atoms with Gasteiger partial charge in [-0.05, 0) is 19.1 Å². The van der Waals surface area contributed by atoms with Crippen LogP contribution in [0.15, 0.2) is 18.2 Å². The lowest BCUT2D eigenvalue weighted by atomic mass is 10.1. The first-order valence-corrected chi connectivity index (χ1v) is 5.62. The number of ketones is 1. The van der Waals surface area contributed by atoms with Gasteiger partial charge in [0.2, 0.25) is 5.91 Å². The summed E-state index contributed by atoms with van der Waals surface area (Å²) in [4.78, 5) is 43.1. The summed E-state index contributed by atoms with van der Waals surface area (Å²) in [6.45, 7) is 1.33. The van der Waals surface area contributed by atoms with Gasteiger partial charge in [0.1, 0.15) is 11.5 Å². The first-order valence-electron chi connectivity index (χ1n) is 5.62. The molecule has 1 rings (SSSR count). The minimum Gasteiger partial charge on any atom is -0.478 e. The molecule has 1 aromatic rings. The van der Waals surface area contributed by atoms with E-state index in [4.69, 9.17) is 5.11 Å². The molecule has 0 radical (unpaired) electrons. The van der Waals surface area contributed by atoms with Crippen molar-refractivity contribution in [2.24, 2.45) is 0 Å². The monoisotopic (exact) mass is 280 g/mol. The summed E-state index contributed by atoms with van der Waals surface area (Å²) in [7, 11) is 0. The smallest absolute Gasteiger partial charge is 0.335 e. The zero-order chi connectivity index (χ0) is 15.3. The number of nitrogens with one attached hydrogen (secondary N) is 1. The summed E-state index contributed by atoms with van der Waals surface area (Å²) < 4.78 is 0. The normalized spacial score (nSPS) is 9.85. The van der Waals surface area contributed by atoms with Crippen LogP contribution in [0.1, 0.15) is 30.1 Å². The second-order valence-corrected chi connectivity index (χ2v) is 4.04. The van der Waals surface area contributed by atoms with E-state index in [1.165, 1.54) is 6.92 Å². The Labute approximate surface area is 113 Å². The predicted octanol–water partition coefficient (Wildman–Crippen LogP) is 1.60. The van der Waals surface area contributed by atoms with Gasteiger partial charge < -0.3 is 15.2 Å². The fourth-order valence-corrected chi connectivity index (χ4v) is 1.42. The van der Waals surface area contributed by atoms with Gasteiger partial charge in [-0.3, -0.25) is 14.9 Å². The molecule has 0 saturated carbocycles. The number of hydrogen-bond donors (Lipinski definition) is 2. The number of carbonyl (C=O) groups is 3. The van der Waals surface area contributed by atoms with E-state index in [0.29, 0.717) is 0 Å². The molecular formula is C12H12N2O6. The summed E-state index contributed by atoms with van der Waals surface area (Å²) in [5, 5.41) is 21.9. The van der Waals surface area contributed by atoms with Crippen molar-refractivity contribution < 1.29 is 24.4 Å². The largest absolute Gasteiger partial charge is 0.478 e. The van der Waals surface area contributed by atoms with Crippen LogP contribution in [-0.2, 0) is 9.59 Å². The average molecular weight is 280 g/mol. The summed E-state index contributed by atoms with van der Waals surface area (Å²) in [6.07, 6.45) is -0.0555. The van der Waals surface area contributed by atoms with Crippen LogP contribution in [0.4, 0.5) is 11.4 Å². The number of nitrogens with zero attached hydrogens (tertiary/aromatic N) is 1. The number of carboxylic acids is 1. The molecule has 0 aromatic heterocycles. The molecule has 8 nitrogen and oxygen atoms in total. The molecule has 0 spiro atoms. The fourth-order valence-electron chi connectivity index (χ4n) is 1.42. The second kappa shape index (κ2) is 6.41. The van der Waals surface area contributed by atoms with E-state index < -0.39 is 22.5 Å². The third-order valence-corrected chi connectivity index (χ3v) is 2.42. The van der Waals surface area contributed by atoms with Crippen molar-refractivity contribution in [2.45, 2.75) is 19.8 Å². The summed E-state index contributed by atoms with van der Waals surface area (Å²) >= 11 is 0. The van der Waals surface area contributed by atoms with Crippen LogP contribution in [0.3, 0.4) is 0 Å². The van der Waals surface area contributed by atoms with Crippen LogP contribution in [0.5, 0.6) is 0 Å². The maximum Gasteiger partial charge on any atom is 0.335 e. The van der Waals surface area contributed by atoms with Gasteiger partial charge in [-0.15, -0.1) is 0 Å². The lowest BCUT2D eigenvalue weighted by Gasteiger charge is -2.06. The van der Waals surface area contributed by atoms with Crippen molar-refractivity contribution >= 4 is 29.0 Å². The van der Waals surface area contributed by atoms with Gasteiger partial charge in [-0.1, -0.05) is 0 Å². The number of aromatic carboxylic acids is 1. The van der Waals surface area contributed by atoms with E-state index in [1.54, 1.807) is 0 Å². The number of hydrogen-bond acceptors (Lipinski definition) is 5. The average Bonchev–Trinajstić information content (AvgIpc) is 2.36. The number of benzene rings is 1. The Hall–Kier alpha value is -2.77. The Kier molecular flexibility index (Phi) is 4.90. The molecule has 0 aliphatic heterocycles. The Balaban J connectivity index is 2.94. The van der Waals surface area contributed by atoms with Crippen LogP contribution >= 0.6 is 0 Å². The molecule has 0 saturated heterocycles. The zero-order valence-electron chi connectivity index (χ0n) is 10.6. The van der Waals surface area contributed by atoms with Crippen LogP contribution < -0.4 is 5.32 Å². The molecule has 1 amide bonds. The first-order chi connectivity index (χ1) is 9.31. The van der Waals surface area contributed by atoms with Crippen molar-refractivity contribution in [3.05, 3.63) is 33.9 Å². The highest BCUT2D eigenvalue weighted by molar-refractivity contribution is 5.96. The third-order valence-electron chi connectivity index (χ3n) is 2.42. The zero-order valence-corrected chi connectivity index (χ0v) is 10.6. The molecule has 0 aliphatic carbocycles. The van der Waals surface area contributed by atoms with Gasteiger partial charge >= 0.3 is 5.97 Å². The molecule has 1 aromatic carbocycles. The van der Waals surface area contributed by atoms with Crippen molar-refractivity contribution in [2.75, 3.05) is 5.32 Å². The molecule has 0 unspecified atom stereocenters. The van der Waals surface area contributed by atoms with Crippen molar-refractivity contribution in [1.82, 2.24) is 0 Å². The minimum atomic E-state index is -1.30. The maximum absolute atomic E-state index is 11.5. The summed E-state index contributed by atoms with van der Waals surface area (Å²) in [5.74, 6) is -2.02. The molecule has 2 N–H and O–H groups in total. The molecule has 0 atom stereocenters. The van der Waals surface area contributed by atoms with Gasteiger partial charge in [-0.2, -0.15) is 0 Å². The van der Waals surface area contributed by atoms with Crippen molar-refractivity contribution in [1.29, 1.82) is 0 Å². The van der Waals surface area contributed by atoms with Crippen molar-refractivity contribution in [3.63, 3.8) is 0 Å². The van der Waals surface area contributed by atoms with E-state index in [1.807, 2.05) is 0 Å². The molecule has 0 heterocycles. The fraction of sp³-hybridized carbons (Fsp3) is 0.250. The molecule has 0 aliphatic rings. The topological polar surface area (TPSA) is 127 Å². The quantitative estimate of drug-likeness (QED) is 0.601. The van der Waals surface area contributed by atoms with Gasteiger partial charge in [0.15, 0.2) is 0 Å². The lowest BCUT2D eigenvalue weighted by Crippen LogP contribution is -2.14. The third kappa shape index (κ3) is 4.16. The molecule has 8 heteroatoms. The number of amides is 1. The SMILES string of the molecule is CC(=O)CCC(=O)Nc1ccc(C(=O)O)cc1[N+](=O)[O-]. The van der Waals surface area contributed by atoms with E-state index in [2.05, 4.69) is 5.32 Å². The van der Waals surface area contributed by atoms with Gasteiger partial charge in [0, 0.05) is 18.9 Å². The van der Waals surface area contributed by atoms with Gasteiger partial charge in [0.25, 0.3) is 5.69 Å². The van der Waals surface area contributed by atoms with E-state index in [0.717, 1.165) is 18.2 Å². The number of carboxylic acid groups (broad SMARTS) is 1. The number of carbonyl (C=O) groups excluding carboxylic acids is 2. The maximum atomic E-state index is 11.5. The highest BCUT2D eigenvalue weighted by Crippen LogP contribution is 2.25. The molecular weight excluding hydrogens is 268 g/mol. The minimum absolute atomic E-state index is 0.0346. The summed E-state index contributed by atoms with van der Waals surface area (Å²) in [6, 6.07) is 3.16. The number of nitro groups is 1. The Morgan fingerprint density at radius 3 is 2.45 bits per heavy atom. The lowest BCUT2D eigenvalue weighted by molar-refractivity contribution is -0.384. The van der Waals surface area contributed by atoms with Gasteiger partial charge in [-0.25, -0.2) is 4.79 Å². The molecule has 106 valence electrons. The number of nitro benzene ring substituents is 1. The highest BCUT2D eigenvalue weighted by atomic mass is 16.6. The van der Waals surface area contributed by atoms with Crippen LogP contribution in [0.25, 0.3) is 0 Å². The second-order valence-electron chi connectivity index (χ2n) is 4.04. The number of Topliss-reactive ketones (excluding diaryl/α,β-unsaturated/α-hetero) is 1. The standard InChI is InChI=1S/C12H12N2O6/c1-7(15)2-5-11(16)13-9-4-3-8(12(17)18)6-10(9)14(19)20/h3-4,6H,2,5H2,1H3,(H,13,16)(H,17,18). The van der Waals surface area contributed by atoms with Crippen LogP contribution in [-0.4, -0.2) is 27.7 Å². The Morgan fingerprint density at radius 1 is 1.30 bits per heavy atom. The highest BCUT2D eigenvalue weighted by Gasteiger charge is 2.18. The molecule has 0 fully saturated rings. The van der Waals surface area contributed by atoms with E-state index in [9.17, 15) is 24.5 Å². The number of rotatable bonds is 6. The van der Waals surface area contributed by atoms with Gasteiger partial charge in [0.05, 0.1) is 10.5 Å². The van der Waals surface area contributed by atoms with Crippen molar-refractivity contribution in [3.8, 4) is 0 Å². The van der Waals surface area contributed by atoms with Crippen LogP contribution in [0, 0.1) is 10.1 Å². The van der Waals surface area contributed by atoms with E-state index >= 15 is 0 Å².